The minimum Gasteiger partial charge on any atom is -0.462 e. The second-order valence-corrected chi connectivity index (χ2v) is 17.5. The van der Waals surface area contributed by atoms with E-state index in [1.165, 1.54) is 83.5 Å². The normalized spacial score (nSPS) is 14.1. The highest BCUT2D eigenvalue weighted by atomic mass is 16.5. The first-order valence-corrected chi connectivity index (χ1v) is 26.6. The molecule has 6 heteroatoms. The first kappa shape index (κ1) is 61.5. The van der Waals surface area contributed by atoms with E-state index in [1.807, 2.05) is 6.08 Å². The third-order valence-electron chi connectivity index (χ3n) is 11.3. The Morgan fingerprint density at radius 3 is 1.28 bits per heavy atom. The summed E-state index contributed by atoms with van der Waals surface area (Å²) in [4.78, 5) is 26.1. The molecular weight excluding hydrogens is 803 g/mol. The van der Waals surface area contributed by atoms with Crippen LogP contribution in [0.15, 0.2) is 109 Å². The molecule has 0 aliphatic carbocycles. The van der Waals surface area contributed by atoms with E-state index in [4.69, 9.17) is 4.74 Å². The molecule has 3 atom stereocenters. The van der Waals surface area contributed by atoms with Crippen LogP contribution in [-0.4, -0.2) is 46.9 Å². The second kappa shape index (κ2) is 51.5. The number of hydrogen-bond acceptors (Lipinski definition) is 5. The molecule has 3 N–H and O–H groups in total. The quantitative estimate of drug-likeness (QED) is 0.0321. The molecule has 0 radical (unpaired) electrons. The van der Waals surface area contributed by atoms with Crippen molar-refractivity contribution < 1.29 is 24.5 Å². The standard InChI is InChI=1S/C59H99NO5/c1-4-7-10-13-16-19-22-25-27-28-29-30-32-34-37-40-43-46-49-52-59(64)65-55(50-47-44-41-38-35-33-31-26-23-20-17-14-11-8-5-2)53-58(63)60-56(54-61)57(62)51-48-45-42-39-36-24-21-18-15-12-9-6-3/h7,10,16-17,19-20,25-27,29-31,34-35,37-38,43,46,55-57,61-62H,4-6,8-9,11-15,18,21-24,28,32-33,36,39-42,44-45,47-54H2,1-3H3,(H,60,63)/b10-7-,19-16-,20-17-,27-25-,30-29-,31-26-,37-34-,38-35-,46-43-. The third-order valence-corrected chi connectivity index (χ3v) is 11.3. The summed E-state index contributed by atoms with van der Waals surface area (Å²) in [5.41, 5.74) is 0. The topological polar surface area (TPSA) is 95.9 Å². The molecule has 0 heterocycles. The Bertz CT molecular complexity index is 1330. The molecule has 370 valence electrons. The van der Waals surface area contributed by atoms with Gasteiger partial charge in [0.15, 0.2) is 0 Å². The number of ether oxygens (including phenoxy) is 1. The number of allylic oxidation sites excluding steroid dienone is 18. The van der Waals surface area contributed by atoms with Gasteiger partial charge in [0.1, 0.15) is 6.10 Å². The highest BCUT2D eigenvalue weighted by Crippen LogP contribution is 2.16. The molecule has 0 aromatic rings. The van der Waals surface area contributed by atoms with Gasteiger partial charge in [-0.1, -0.05) is 220 Å². The molecule has 0 saturated heterocycles. The molecule has 0 bridgehead atoms. The van der Waals surface area contributed by atoms with Gasteiger partial charge in [-0.15, -0.1) is 0 Å². The lowest BCUT2D eigenvalue weighted by atomic mass is 10.0. The fourth-order valence-corrected chi connectivity index (χ4v) is 7.34. The van der Waals surface area contributed by atoms with Crippen molar-refractivity contribution in [3.8, 4) is 0 Å². The number of aliphatic hydroxyl groups excluding tert-OH is 2. The average molecular weight is 902 g/mol. The number of esters is 1. The van der Waals surface area contributed by atoms with E-state index in [-0.39, 0.29) is 31.3 Å². The van der Waals surface area contributed by atoms with Crippen LogP contribution in [0.4, 0.5) is 0 Å². The molecule has 0 spiro atoms. The summed E-state index contributed by atoms with van der Waals surface area (Å²) in [6.07, 6.45) is 70.1. The van der Waals surface area contributed by atoms with Crippen molar-refractivity contribution >= 4 is 11.9 Å². The van der Waals surface area contributed by atoms with Crippen LogP contribution in [0.2, 0.25) is 0 Å². The Hall–Kier alpha value is -3.48. The predicted molar refractivity (Wildman–Crippen MR) is 282 cm³/mol. The maximum atomic E-state index is 13.2. The van der Waals surface area contributed by atoms with Gasteiger partial charge in [-0.2, -0.15) is 0 Å². The first-order chi connectivity index (χ1) is 32.0. The summed E-state index contributed by atoms with van der Waals surface area (Å²) in [5, 5.41) is 23.7. The number of nitrogens with one attached hydrogen (secondary N) is 1. The van der Waals surface area contributed by atoms with Crippen molar-refractivity contribution in [2.45, 2.75) is 244 Å². The number of aliphatic hydroxyl groups is 2. The molecule has 0 aromatic heterocycles. The van der Waals surface area contributed by atoms with Gasteiger partial charge in [0.25, 0.3) is 0 Å². The molecule has 0 aliphatic rings. The predicted octanol–water partition coefficient (Wildman–Crippen LogP) is 16.3. The van der Waals surface area contributed by atoms with Gasteiger partial charge in [0.05, 0.1) is 25.2 Å². The average Bonchev–Trinajstić information content (AvgIpc) is 3.30. The fraction of sp³-hybridized carbons (Fsp3) is 0.661. The van der Waals surface area contributed by atoms with E-state index in [0.29, 0.717) is 19.3 Å². The van der Waals surface area contributed by atoms with E-state index in [9.17, 15) is 19.8 Å². The Morgan fingerprint density at radius 2 is 0.831 bits per heavy atom. The Balaban J connectivity index is 4.79. The minimum absolute atomic E-state index is 0.0150. The first-order valence-electron chi connectivity index (χ1n) is 26.6. The zero-order chi connectivity index (χ0) is 47.4. The fourth-order valence-electron chi connectivity index (χ4n) is 7.34. The van der Waals surface area contributed by atoms with Gasteiger partial charge in [0, 0.05) is 6.42 Å². The van der Waals surface area contributed by atoms with Crippen LogP contribution in [0.25, 0.3) is 0 Å². The molecule has 0 aromatic carbocycles. The highest BCUT2D eigenvalue weighted by Gasteiger charge is 2.24. The summed E-state index contributed by atoms with van der Waals surface area (Å²) in [6, 6.07) is -0.735. The van der Waals surface area contributed by atoms with Gasteiger partial charge in [0.2, 0.25) is 5.91 Å². The van der Waals surface area contributed by atoms with Gasteiger partial charge < -0.3 is 20.3 Å². The van der Waals surface area contributed by atoms with Crippen molar-refractivity contribution in [2.24, 2.45) is 0 Å². The van der Waals surface area contributed by atoms with Crippen LogP contribution in [-0.2, 0) is 14.3 Å². The Morgan fingerprint density at radius 1 is 0.462 bits per heavy atom. The Kier molecular flexibility index (Phi) is 48.7. The number of carbonyl (C=O) groups is 2. The summed E-state index contributed by atoms with van der Waals surface area (Å²) >= 11 is 0. The minimum atomic E-state index is -0.817. The van der Waals surface area contributed by atoms with Crippen molar-refractivity contribution in [3.63, 3.8) is 0 Å². The molecule has 0 fully saturated rings. The van der Waals surface area contributed by atoms with E-state index in [0.717, 1.165) is 89.9 Å². The van der Waals surface area contributed by atoms with Crippen LogP contribution in [0.3, 0.4) is 0 Å². The summed E-state index contributed by atoms with van der Waals surface area (Å²) < 4.78 is 5.88. The van der Waals surface area contributed by atoms with Crippen LogP contribution in [0.1, 0.15) is 226 Å². The maximum Gasteiger partial charge on any atom is 0.306 e. The van der Waals surface area contributed by atoms with Crippen molar-refractivity contribution in [3.05, 3.63) is 109 Å². The maximum absolute atomic E-state index is 13.2. The van der Waals surface area contributed by atoms with E-state index in [1.54, 1.807) is 0 Å². The molecule has 6 nitrogen and oxygen atoms in total. The number of rotatable bonds is 46. The van der Waals surface area contributed by atoms with Crippen molar-refractivity contribution in [1.29, 1.82) is 0 Å². The lowest BCUT2D eigenvalue weighted by Gasteiger charge is -2.24. The number of unbranched alkanes of at least 4 members (excludes halogenated alkanes) is 16. The molecule has 65 heavy (non-hydrogen) atoms. The lowest BCUT2D eigenvalue weighted by molar-refractivity contribution is -0.150. The summed E-state index contributed by atoms with van der Waals surface area (Å²) in [7, 11) is 0. The monoisotopic (exact) mass is 902 g/mol. The van der Waals surface area contributed by atoms with Crippen LogP contribution in [0, 0.1) is 0 Å². The molecule has 0 aliphatic heterocycles. The van der Waals surface area contributed by atoms with Crippen molar-refractivity contribution in [1.82, 2.24) is 5.32 Å². The van der Waals surface area contributed by atoms with E-state index < -0.39 is 18.2 Å². The van der Waals surface area contributed by atoms with Crippen LogP contribution >= 0.6 is 0 Å². The summed E-state index contributed by atoms with van der Waals surface area (Å²) in [6.45, 7) is 6.30. The van der Waals surface area contributed by atoms with E-state index in [2.05, 4.69) is 129 Å². The molecule has 3 unspecified atom stereocenters. The number of carbonyl (C=O) groups excluding carboxylic acids is 2. The molecular formula is C59H99NO5. The number of hydrogen-bond donors (Lipinski definition) is 3. The zero-order valence-corrected chi connectivity index (χ0v) is 42.1. The van der Waals surface area contributed by atoms with Gasteiger partial charge >= 0.3 is 5.97 Å². The van der Waals surface area contributed by atoms with Crippen molar-refractivity contribution in [2.75, 3.05) is 6.61 Å². The second-order valence-electron chi connectivity index (χ2n) is 17.5. The summed E-state index contributed by atoms with van der Waals surface area (Å²) in [5.74, 6) is -0.620. The lowest BCUT2D eigenvalue weighted by Crippen LogP contribution is -2.46. The van der Waals surface area contributed by atoms with Crippen LogP contribution < -0.4 is 5.32 Å². The van der Waals surface area contributed by atoms with Gasteiger partial charge in [-0.25, -0.2) is 0 Å². The van der Waals surface area contributed by atoms with Gasteiger partial charge in [-0.3, -0.25) is 9.59 Å². The van der Waals surface area contributed by atoms with Crippen LogP contribution in [0.5, 0.6) is 0 Å². The smallest absolute Gasteiger partial charge is 0.306 e. The SMILES string of the molecule is CC/C=C\C/C=C\C/C=C\C/C=C\C/C=C\C/C=C\CCC(=O)OC(CCCC/C=C\C/C=C\C/C=C\CCCCC)CC(=O)NC(CO)C(O)CCCCCCCCCCCCCC. The third kappa shape index (κ3) is 46.8. The molecule has 0 rings (SSSR count). The Labute approximate surface area is 400 Å². The van der Waals surface area contributed by atoms with Gasteiger partial charge in [-0.05, 0) is 103 Å². The zero-order valence-electron chi connectivity index (χ0n) is 42.1. The number of amides is 1. The molecule has 0 saturated carbocycles. The molecule has 1 amide bonds. The van der Waals surface area contributed by atoms with E-state index >= 15 is 0 Å². The largest absolute Gasteiger partial charge is 0.462 e. The highest BCUT2D eigenvalue weighted by molar-refractivity contribution is 5.77.